The van der Waals surface area contributed by atoms with Crippen molar-refractivity contribution in [2.75, 3.05) is 64.4 Å². The molecule has 118 heavy (non-hydrogen) atoms. The zero-order valence-corrected chi connectivity index (χ0v) is 72.1. The summed E-state index contributed by atoms with van der Waals surface area (Å²) in [4.78, 5) is 89.4. The molecule has 8 aromatic carbocycles. The van der Waals surface area contributed by atoms with E-state index in [1.807, 2.05) is 175 Å². The van der Waals surface area contributed by atoms with Crippen LogP contribution < -0.4 is 9.47 Å². The van der Waals surface area contributed by atoms with Crippen LogP contribution in [0.2, 0.25) is 0 Å². The van der Waals surface area contributed by atoms with E-state index in [9.17, 15) is 38.4 Å². The highest BCUT2D eigenvalue weighted by molar-refractivity contribution is 7.99. The van der Waals surface area contributed by atoms with E-state index in [-0.39, 0.29) is 55.0 Å². The van der Waals surface area contributed by atoms with Crippen molar-refractivity contribution in [1.29, 1.82) is 0 Å². The van der Waals surface area contributed by atoms with Crippen molar-refractivity contribution in [2.45, 2.75) is 119 Å². The van der Waals surface area contributed by atoms with Crippen molar-refractivity contribution in [1.82, 2.24) is 0 Å². The number of rotatable bonds is 34. The molecule has 0 spiro atoms. The molecule has 0 saturated heterocycles. The van der Waals surface area contributed by atoms with Crippen molar-refractivity contribution in [3.63, 3.8) is 0 Å². The van der Waals surface area contributed by atoms with Crippen molar-refractivity contribution in [3.8, 4) is 11.5 Å². The van der Waals surface area contributed by atoms with Crippen LogP contribution >= 0.6 is 23.5 Å². The zero-order chi connectivity index (χ0) is 88.0. The summed E-state index contributed by atoms with van der Waals surface area (Å²) in [6.07, 6.45) is 6.14. The van der Waals surface area contributed by atoms with Crippen LogP contribution in [-0.4, -0.2) is 112 Å². The van der Waals surface area contributed by atoms with E-state index < -0.39 is 5.97 Å². The van der Waals surface area contributed by atoms with Crippen LogP contribution in [0.25, 0.3) is 0 Å². The molecule has 8 aromatic rings. The second-order valence-electron chi connectivity index (χ2n) is 26.1. The number of aryl methyl sites for hydroxylation is 8. The topological polar surface area (TPSA) is 229 Å². The predicted octanol–water partition coefficient (Wildman–Crippen LogP) is 20.4. The lowest BCUT2D eigenvalue weighted by Gasteiger charge is -2.07. The van der Waals surface area contributed by atoms with Gasteiger partial charge in [-0.3, -0.25) is 0 Å². The quantitative estimate of drug-likeness (QED) is 0.0120. The zero-order valence-electron chi connectivity index (χ0n) is 70.5. The van der Waals surface area contributed by atoms with E-state index in [1.165, 1.54) is 77.6 Å². The third-order valence-electron chi connectivity index (χ3n) is 15.0. The van der Waals surface area contributed by atoms with E-state index in [4.69, 9.17) is 47.4 Å². The molecule has 0 fully saturated rings. The standard InChI is InChI=1S/C13H16O3.C13H16O2S.C13H16O2.C12H14O3.C12H14O2S.2C12H14O2.C11H12O2/c1-10(2)13(14)16-9-8-15-12-6-4-11(3)5-7-12;1-10(2)13(14)15-8-9-16-12-6-4-11(3)5-7-12;1-10(2)13(14)15-9-8-12-6-4-11(3)5-7-12;1-3-12(13)15-9-8-14-11-6-4-10(2)5-7-11;1-3-12(13)14-8-9-15-11-6-4-10(2)5-7-11;1-9(2)12(13)14-8-11-6-4-10(3)5-7-11;1-3-12(13)14-9-8-11-6-4-10(2)5-7-11;1-3-11(12)13-8-10-6-4-9(2)5-7-10/h2*4-7H,1,8-9H2,2-3H3;4-7H,1,8-9H2,2-3H3;2*3-7H,1,8-9H2,2H3;4-7H,1,8H2,2-3H3;3-7H,1,8-9H2,2H3;3-7H,1,8H2,2H3. The molecule has 628 valence electrons. The molecule has 0 aliphatic heterocycles. The first-order valence-corrected chi connectivity index (χ1v) is 39.7. The molecule has 0 saturated carbocycles. The number of hydrogen-bond donors (Lipinski definition) is 0. The first-order valence-electron chi connectivity index (χ1n) is 37.7. The Bertz CT molecular complexity index is 4240. The van der Waals surface area contributed by atoms with Gasteiger partial charge in [0, 0.05) is 80.7 Å². The number of benzene rings is 8. The molecule has 0 aliphatic rings. The van der Waals surface area contributed by atoms with Crippen molar-refractivity contribution < 1.29 is 85.7 Å². The minimum Gasteiger partial charge on any atom is -0.490 e. The summed E-state index contributed by atoms with van der Waals surface area (Å²) in [7, 11) is 0. The maximum absolute atomic E-state index is 11.1. The maximum Gasteiger partial charge on any atom is 0.333 e. The number of carbonyl (C=O) groups is 8. The van der Waals surface area contributed by atoms with Gasteiger partial charge >= 0.3 is 47.8 Å². The normalized spacial score (nSPS) is 9.59. The largest absolute Gasteiger partial charge is 0.490 e. The minimum absolute atomic E-state index is 0.235. The third-order valence-corrected chi connectivity index (χ3v) is 17.0. The second-order valence-corrected chi connectivity index (χ2v) is 28.5. The van der Waals surface area contributed by atoms with Gasteiger partial charge in [0.15, 0.2) is 0 Å². The fourth-order valence-electron chi connectivity index (χ4n) is 8.17. The van der Waals surface area contributed by atoms with Crippen LogP contribution in [0.15, 0.2) is 303 Å². The number of esters is 8. The van der Waals surface area contributed by atoms with Crippen molar-refractivity contribution in [2.24, 2.45) is 0 Å². The van der Waals surface area contributed by atoms with Gasteiger partial charge in [0.1, 0.15) is 64.4 Å². The van der Waals surface area contributed by atoms with Crippen LogP contribution in [0.3, 0.4) is 0 Å². The monoisotopic (exact) mass is 1640 g/mol. The molecule has 0 aromatic heterocycles. The summed E-state index contributed by atoms with van der Waals surface area (Å²) in [5.74, 6) is 0.182. The lowest BCUT2D eigenvalue weighted by molar-refractivity contribution is -0.140. The van der Waals surface area contributed by atoms with Crippen LogP contribution in [0.4, 0.5) is 0 Å². The molecule has 0 bridgehead atoms. The first-order chi connectivity index (χ1) is 56.2. The number of ether oxygens (including phenoxy) is 10. The fourth-order valence-corrected chi connectivity index (χ4v) is 9.63. The van der Waals surface area contributed by atoms with Gasteiger partial charge < -0.3 is 47.4 Å². The summed E-state index contributed by atoms with van der Waals surface area (Å²) >= 11 is 3.35. The third kappa shape index (κ3) is 54.5. The Hall–Kier alpha value is -12.3. The van der Waals surface area contributed by atoms with E-state index in [0.29, 0.717) is 75.1 Å². The Morgan fingerprint density at radius 1 is 0.263 bits per heavy atom. The Kier molecular flexibility index (Phi) is 55.4. The van der Waals surface area contributed by atoms with Gasteiger partial charge in [-0.2, -0.15) is 0 Å². The highest BCUT2D eigenvalue weighted by atomic mass is 32.2. The van der Waals surface area contributed by atoms with Crippen molar-refractivity contribution in [3.05, 3.63) is 360 Å². The smallest absolute Gasteiger partial charge is 0.333 e. The van der Waals surface area contributed by atoms with Gasteiger partial charge in [-0.25, -0.2) is 38.4 Å². The Morgan fingerprint density at radius 3 is 0.797 bits per heavy atom. The van der Waals surface area contributed by atoms with Crippen molar-refractivity contribution >= 4 is 71.3 Å². The summed E-state index contributed by atoms with van der Waals surface area (Å²) in [5.41, 5.74) is 15.8. The SMILES string of the molecule is C=C(C)C(=O)OCCOc1ccc(C)cc1.C=C(C)C(=O)OCCSc1ccc(C)cc1.C=C(C)C(=O)OCCc1ccc(C)cc1.C=C(C)C(=O)OCc1ccc(C)cc1.C=CC(=O)OCCOc1ccc(C)cc1.C=CC(=O)OCCSc1ccc(C)cc1.C=CC(=O)OCCc1ccc(C)cc1.C=CC(=O)OCc1ccc(C)cc1. The molecule has 0 radical (unpaired) electrons. The van der Waals surface area contributed by atoms with Gasteiger partial charge in [-0.1, -0.05) is 243 Å². The fraction of sp³-hybridized carbons (Fsp3) is 0.265. The molecular weight excluding hydrogens is 1530 g/mol. The second kappa shape index (κ2) is 63.0. The van der Waals surface area contributed by atoms with E-state index in [2.05, 4.69) is 127 Å². The Balaban J connectivity index is 0.000000675. The Labute approximate surface area is 707 Å². The summed E-state index contributed by atoms with van der Waals surface area (Å²) in [5, 5.41) is 0. The van der Waals surface area contributed by atoms with E-state index >= 15 is 0 Å². The first kappa shape index (κ1) is 104. The molecule has 0 unspecified atom stereocenters. The van der Waals surface area contributed by atoms with Gasteiger partial charge in [0.05, 0.1) is 13.2 Å². The molecule has 0 amide bonds. The molecule has 0 N–H and O–H groups in total. The summed E-state index contributed by atoms with van der Waals surface area (Å²) < 4.78 is 49.9. The van der Waals surface area contributed by atoms with Gasteiger partial charge in [-0.15, -0.1) is 23.5 Å². The molecule has 0 heterocycles. The molecule has 0 atom stereocenters. The predicted molar refractivity (Wildman–Crippen MR) is 475 cm³/mol. The minimum atomic E-state index is -0.428. The lowest BCUT2D eigenvalue weighted by atomic mass is 10.1. The highest BCUT2D eigenvalue weighted by Crippen LogP contribution is 2.20. The van der Waals surface area contributed by atoms with Gasteiger partial charge in [-0.05, 0) is 154 Å². The molecular formula is C98H116O18S2. The average molecular weight is 1650 g/mol. The van der Waals surface area contributed by atoms with Crippen LogP contribution in [-0.2, 0) is 102 Å². The highest BCUT2D eigenvalue weighted by Gasteiger charge is 2.08. The van der Waals surface area contributed by atoms with E-state index in [0.717, 1.165) is 59.1 Å². The molecule has 20 heteroatoms. The van der Waals surface area contributed by atoms with Gasteiger partial charge in [0.2, 0.25) is 0 Å². The molecule has 0 aliphatic carbocycles. The lowest BCUT2D eigenvalue weighted by Crippen LogP contribution is -2.12. The van der Waals surface area contributed by atoms with Crippen LogP contribution in [0, 0.1) is 55.4 Å². The van der Waals surface area contributed by atoms with E-state index in [1.54, 1.807) is 51.2 Å². The molecule has 18 nitrogen and oxygen atoms in total. The Morgan fingerprint density at radius 2 is 0.483 bits per heavy atom. The number of thioether (sulfide) groups is 2. The summed E-state index contributed by atoms with van der Waals surface area (Å²) in [6, 6.07) is 64.0. The van der Waals surface area contributed by atoms with Crippen LogP contribution in [0.5, 0.6) is 11.5 Å². The number of hydrogen-bond acceptors (Lipinski definition) is 20. The average Bonchev–Trinajstić information content (AvgIpc) is 0.958. The maximum atomic E-state index is 11.1. The van der Waals surface area contributed by atoms with Gasteiger partial charge in [0.25, 0.3) is 0 Å². The number of carbonyl (C=O) groups excluding carboxylic acids is 8. The summed E-state index contributed by atoms with van der Waals surface area (Å²) in [6.45, 7) is 53.5. The van der Waals surface area contributed by atoms with Crippen LogP contribution in [0.1, 0.15) is 94.5 Å². The molecule has 8 rings (SSSR count).